The summed E-state index contributed by atoms with van der Waals surface area (Å²) in [6.45, 7) is 0. The van der Waals surface area contributed by atoms with Gasteiger partial charge in [-0.3, -0.25) is 9.59 Å². The van der Waals surface area contributed by atoms with Crippen molar-refractivity contribution in [3.63, 3.8) is 0 Å². The van der Waals surface area contributed by atoms with E-state index in [1.165, 1.54) is 24.3 Å². The first-order valence-electron chi connectivity index (χ1n) is 7.19. The van der Waals surface area contributed by atoms with E-state index in [2.05, 4.69) is 10.3 Å². The lowest BCUT2D eigenvalue weighted by Gasteiger charge is -2.23. The van der Waals surface area contributed by atoms with Gasteiger partial charge < -0.3 is 15.2 Å². The fraction of sp³-hybridized carbons (Fsp3) is 0.250. The van der Waals surface area contributed by atoms with Gasteiger partial charge in [-0.15, -0.1) is 11.8 Å². The third kappa shape index (κ3) is 3.73. The molecule has 0 bridgehead atoms. The van der Waals surface area contributed by atoms with Crippen LogP contribution in [0, 0.1) is 5.82 Å². The lowest BCUT2D eigenvalue weighted by molar-refractivity contribution is -0.135. The summed E-state index contributed by atoms with van der Waals surface area (Å²) in [7, 11) is 0. The van der Waals surface area contributed by atoms with Crippen LogP contribution in [-0.2, 0) is 16.0 Å². The van der Waals surface area contributed by atoms with Gasteiger partial charge in [0.15, 0.2) is 0 Å². The minimum atomic E-state index is -0.507. The average Bonchev–Trinajstić information content (AvgIpc) is 3.20. The Morgan fingerprint density at radius 1 is 1.30 bits per heavy atom. The second kappa shape index (κ2) is 6.87. The standard InChI is InChI=1S/C16H16FN3O2S/c17-11-3-5-12(6-4-11)19-16(22)14-9-23-10-20(14)15(21)8-13-2-1-7-18-13/h1-7,14,18H,8-10H2,(H,19,22)/t14-/m0/s1. The molecule has 2 heterocycles. The van der Waals surface area contributed by atoms with Gasteiger partial charge in [0.1, 0.15) is 11.9 Å². The van der Waals surface area contributed by atoms with Crippen LogP contribution < -0.4 is 5.32 Å². The molecular formula is C16H16FN3O2S. The number of benzene rings is 1. The van der Waals surface area contributed by atoms with Crippen LogP contribution in [0.2, 0.25) is 0 Å². The topological polar surface area (TPSA) is 65.2 Å². The monoisotopic (exact) mass is 333 g/mol. The molecule has 0 spiro atoms. The van der Waals surface area contributed by atoms with E-state index in [1.807, 2.05) is 12.1 Å². The molecule has 2 aromatic rings. The van der Waals surface area contributed by atoms with E-state index in [9.17, 15) is 14.0 Å². The third-order valence-corrected chi connectivity index (χ3v) is 4.63. The third-order valence-electron chi connectivity index (χ3n) is 3.62. The maximum atomic E-state index is 12.9. The lowest BCUT2D eigenvalue weighted by Crippen LogP contribution is -2.45. The second-order valence-corrected chi connectivity index (χ2v) is 6.25. The van der Waals surface area contributed by atoms with E-state index in [0.29, 0.717) is 17.3 Å². The number of anilines is 1. The summed E-state index contributed by atoms with van der Waals surface area (Å²) in [4.78, 5) is 29.4. The summed E-state index contributed by atoms with van der Waals surface area (Å²) in [5.74, 6) is 0.366. The minimum absolute atomic E-state index is 0.0864. The number of carbonyl (C=O) groups excluding carboxylic acids is 2. The molecule has 0 aliphatic carbocycles. The van der Waals surface area contributed by atoms with Crippen LogP contribution in [0.1, 0.15) is 5.69 Å². The van der Waals surface area contributed by atoms with Crippen LogP contribution in [0.5, 0.6) is 0 Å². The molecule has 2 N–H and O–H groups in total. The van der Waals surface area contributed by atoms with Gasteiger partial charge in [0.05, 0.1) is 12.3 Å². The SMILES string of the molecule is O=C(Nc1ccc(F)cc1)[C@@H]1CSCN1C(=O)Cc1ccc[nH]1. The predicted molar refractivity (Wildman–Crippen MR) is 87.5 cm³/mol. The summed E-state index contributed by atoms with van der Waals surface area (Å²) in [5, 5.41) is 2.73. The van der Waals surface area contributed by atoms with Crippen molar-refractivity contribution in [2.24, 2.45) is 0 Å². The molecule has 3 rings (SSSR count). The molecule has 0 unspecified atom stereocenters. The van der Waals surface area contributed by atoms with Gasteiger partial charge in [0, 0.05) is 23.3 Å². The van der Waals surface area contributed by atoms with Crippen LogP contribution >= 0.6 is 11.8 Å². The van der Waals surface area contributed by atoms with Crippen LogP contribution in [0.15, 0.2) is 42.6 Å². The Morgan fingerprint density at radius 2 is 2.09 bits per heavy atom. The van der Waals surface area contributed by atoms with Crippen molar-refractivity contribution >= 4 is 29.3 Å². The highest BCUT2D eigenvalue weighted by atomic mass is 32.2. The lowest BCUT2D eigenvalue weighted by atomic mass is 10.2. The Labute approximate surface area is 137 Å². The number of hydrogen-bond donors (Lipinski definition) is 2. The molecule has 1 saturated heterocycles. The number of H-pyrrole nitrogens is 1. The van der Waals surface area contributed by atoms with Crippen LogP contribution in [0.4, 0.5) is 10.1 Å². The minimum Gasteiger partial charge on any atom is -0.365 e. The number of halogens is 1. The number of thioether (sulfide) groups is 1. The van der Waals surface area contributed by atoms with Crippen LogP contribution in [0.25, 0.3) is 0 Å². The Balaban J connectivity index is 1.64. The zero-order valence-corrected chi connectivity index (χ0v) is 13.1. The Bertz CT molecular complexity index is 688. The van der Waals surface area contributed by atoms with Crippen LogP contribution in [-0.4, -0.2) is 39.4 Å². The molecule has 1 aliphatic heterocycles. The zero-order chi connectivity index (χ0) is 16.2. The highest BCUT2D eigenvalue weighted by Gasteiger charge is 2.34. The number of nitrogens with one attached hydrogen (secondary N) is 2. The smallest absolute Gasteiger partial charge is 0.248 e. The van der Waals surface area contributed by atoms with Crippen molar-refractivity contribution in [1.29, 1.82) is 0 Å². The summed E-state index contributed by atoms with van der Waals surface area (Å²) in [6, 6.07) is 8.74. The molecule has 2 amide bonds. The summed E-state index contributed by atoms with van der Waals surface area (Å²) >= 11 is 1.55. The van der Waals surface area contributed by atoms with Crippen molar-refractivity contribution in [2.75, 3.05) is 16.9 Å². The largest absolute Gasteiger partial charge is 0.365 e. The van der Waals surface area contributed by atoms with Crippen molar-refractivity contribution in [2.45, 2.75) is 12.5 Å². The van der Waals surface area contributed by atoms with Crippen molar-refractivity contribution in [1.82, 2.24) is 9.88 Å². The first-order chi connectivity index (χ1) is 11.1. The molecule has 0 radical (unpaired) electrons. The molecule has 1 aliphatic rings. The van der Waals surface area contributed by atoms with Crippen molar-refractivity contribution in [3.8, 4) is 0 Å². The van der Waals surface area contributed by atoms with E-state index in [4.69, 9.17) is 0 Å². The number of aromatic nitrogens is 1. The van der Waals surface area contributed by atoms with E-state index in [0.717, 1.165) is 5.69 Å². The number of aromatic amines is 1. The molecule has 1 fully saturated rings. The molecular weight excluding hydrogens is 317 g/mol. The maximum absolute atomic E-state index is 12.9. The van der Waals surface area contributed by atoms with Gasteiger partial charge in [-0.1, -0.05) is 0 Å². The van der Waals surface area contributed by atoms with Gasteiger partial charge in [-0.05, 0) is 36.4 Å². The van der Waals surface area contributed by atoms with Crippen molar-refractivity contribution in [3.05, 3.63) is 54.1 Å². The normalized spacial score (nSPS) is 17.3. The quantitative estimate of drug-likeness (QED) is 0.902. The first-order valence-corrected chi connectivity index (χ1v) is 8.35. The molecule has 7 heteroatoms. The number of hydrogen-bond acceptors (Lipinski definition) is 3. The molecule has 5 nitrogen and oxygen atoms in total. The van der Waals surface area contributed by atoms with Gasteiger partial charge >= 0.3 is 0 Å². The molecule has 1 aromatic carbocycles. The van der Waals surface area contributed by atoms with Crippen LogP contribution in [0.3, 0.4) is 0 Å². The van der Waals surface area contributed by atoms with Gasteiger partial charge in [-0.25, -0.2) is 4.39 Å². The number of amides is 2. The average molecular weight is 333 g/mol. The summed E-state index contributed by atoms with van der Waals surface area (Å²) < 4.78 is 12.9. The number of nitrogens with zero attached hydrogens (tertiary/aromatic N) is 1. The Kier molecular flexibility index (Phi) is 4.66. The van der Waals surface area contributed by atoms with E-state index in [-0.39, 0.29) is 24.1 Å². The molecule has 23 heavy (non-hydrogen) atoms. The molecule has 120 valence electrons. The zero-order valence-electron chi connectivity index (χ0n) is 12.3. The van der Waals surface area contributed by atoms with E-state index < -0.39 is 6.04 Å². The molecule has 1 aromatic heterocycles. The molecule has 1 atom stereocenters. The van der Waals surface area contributed by atoms with Crippen molar-refractivity contribution < 1.29 is 14.0 Å². The molecule has 0 saturated carbocycles. The Hall–Kier alpha value is -2.28. The highest BCUT2D eigenvalue weighted by Crippen LogP contribution is 2.23. The number of rotatable bonds is 4. The fourth-order valence-corrected chi connectivity index (χ4v) is 3.59. The fourth-order valence-electron chi connectivity index (χ4n) is 2.41. The summed E-state index contributed by atoms with van der Waals surface area (Å²) in [6.07, 6.45) is 2.01. The Morgan fingerprint density at radius 3 is 2.78 bits per heavy atom. The predicted octanol–water partition coefficient (Wildman–Crippen LogP) is 2.24. The van der Waals surface area contributed by atoms with Gasteiger partial charge in [0.25, 0.3) is 0 Å². The maximum Gasteiger partial charge on any atom is 0.248 e. The van der Waals surface area contributed by atoms with E-state index >= 15 is 0 Å². The summed E-state index contributed by atoms with van der Waals surface area (Å²) in [5.41, 5.74) is 1.34. The van der Waals surface area contributed by atoms with Gasteiger partial charge in [-0.2, -0.15) is 0 Å². The highest BCUT2D eigenvalue weighted by molar-refractivity contribution is 7.99. The number of carbonyl (C=O) groups is 2. The van der Waals surface area contributed by atoms with E-state index in [1.54, 1.807) is 22.9 Å². The first kappa shape index (κ1) is 15.6. The van der Waals surface area contributed by atoms with Gasteiger partial charge in [0.2, 0.25) is 11.8 Å². The second-order valence-electron chi connectivity index (χ2n) is 5.25.